The largest absolute Gasteiger partial charge is 0.460 e. The Morgan fingerprint density at radius 2 is 1.80 bits per heavy atom. The van der Waals surface area contributed by atoms with Crippen molar-refractivity contribution >= 4 is 11.9 Å². The number of hydrogen-bond acceptors (Lipinski definition) is 6. The second-order valence-electron chi connectivity index (χ2n) is 8.47. The molecule has 3 fully saturated rings. The fraction of sp³-hybridized carbons (Fsp3) is 0.789. The topological polar surface area (TPSA) is 74.4 Å². The van der Waals surface area contributed by atoms with Gasteiger partial charge in [0.15, 0.2) is 0 Å². The Labute approximate surface area is 147 Å². The van der Waals surface area contributed by atoms with Gasteiger partial charge in [-0.3, -0.25) is 9.59 Å². The molecule has 2 heterocycles. The smallest absolute Gasteiger partial charge is 0.303 e. The number of carbonyl (C=O) groups is 2. The Morgan fingerprint density at radius 3 is 2.36 bits per heavy atom. The molecule has 4 rings (SSSR count). The van der Waals surface area contributed by atoms with E-state index in [1.54, 1.807) is 0 Å². The first-order valence-corrected chi connectivity index (χ1v) is 8.95. The predicted molar refractivity (Wildman–Crippen MR) is 87.7 cm³/mol. The molecular formula is C19H26O6. The molecule has 1 spiro atoms. The van der Waals surface area contributed by atoms with Gasteiger partial charge in [-0.1, -0.05) is 19.9 Å². The first-order chi connectivity index (χ1) is 11.6. The lowest BCUT2D eigenvalue weighted by Gasteiger charge is -2.57. The van der Waals surface area contributed by atoms with Crippen LogP contribution in [0.25, 0.3) is 0 Å². The molecule has 6 nitrogen and oxygen atoms in total. The summed E-state index contributed by atoms with van der Waals surface area (Å²) >= 11 is 0. The number of hydrogen-bond donors (Lipinski definition) is 0. The maximum Gasteiger partial charge on any atom is 0.303 e. The van der Waals surface area contributed by atoms with Gasteiger partial charge in [-0.25, -0.2) is 0 Å². The maximum atomic E-state index is 11.6. The summed E-state index contributed by atoms with van der Waals surface area (Å²) in [5.74, 6) is -0.570. The number of carbonyl (C=O) groups excluding carboxylic acids is 2. The Bertz CT molecular complexity index is 665. The third kappa shape index (κ3) is 2.10. The van der Waals surface area contributed by atoms with Crippen LogP contribution in [0.4, 0.5) is 0 Å². The van der Waals surface area contributed by atoms with E-state index in [2.05, 4.69) is 19.9 Å². The quantitative estimate of drug-likeness (QED) is 0.432. The summed E-state index contributed by atoms with van der Waals surface area (Å²) in [4.78, 5) is 23.1. The molecule has 0 amide bonds. The normalized spacial score (nSPS) is 50.0. The van der Waals surface area contributed by atoms with Crippen LogP contribution in [0.5, 0.6) is 0 Å². The molecular weight excluding hydrogens is 324 g/mol. The third-order valence-electron chi connectivity index (χ3n) is 7.13. The summed E-state index contributed by atoms with van der Waals surface area (Å²) < 4.78 is 23.5. The monoisotopic (exact) mass is 350 g/mol. The molecule has 0 unspecified atom stereocenters. The summed E-state index contributed by atoms with van der Waals surface area (Å²) in [6, 6.07) is 0. The van der Waals surface area contributed by atoms with Gasteiger partial charge in [0, 0.05) is 24.7 Å². The van der Waals surface area contributed by atoms with E-state index in [9.17, 15) is 9.59 Å². The van der Waals surface area contributed by atoms with E-state index in [1.807, 2.05) is 6.92 Å². The average molecular weight is 350 g/mol. The first-order valence-electron chi connectivity index (χ1n) is 8.95. The SMILES string of the molecule is CC(=O)O[C@H]1C[C@@]2(C)[C@@H](C=C1C)O[C@@H]1[C@H](OC(C)=O)C[C@@]2(C)[C@]12CO2. The number of esters is 2. The lowest BCUT2D eigenvalue weighted by Crippen LogP contribution is -2.63. The van der Waals surface area contributed by atoms with Gasteiger partial charge in [-0.2, -0.15) is 0 Å². The summed E-state index contributed by atoms with van der Waals surface area (Å²) in [5.41, 5.74) is 0.119. The highest BCUT2D eigenvalue weighted by Gasteiger charge is 2.81. The minimum Gasteiger partial charge on any atom is -0.460 e. The van der Waals surface area contributed by atoms with Crippen molar-refractivity contribution in [3.05, 3.63) is 11.6 Å². The fourth-order valence-electron chi connectivity index (χ4n) is 5.50. The van der Waals surface area contributed by atoms with Crippen molar-refractivity contribution in [2.75, 3.05) is 6.61 Å². The van der Waals surface area contributed by atoms with Crippen LogP contribution in [0.2, 0.25) is 0 Å². The molecule has 0 radical (unpaired) electrons. The third-order valence-corrected chi connectivity index (χ3v) is 7.13. The zero-order chi connectivity index (χ0) is 18.2. The van der Waals surface area contributed by atoms with Crippen LogP contribution >= 0.6 is 0 Å². The molecule has 25 heavy (non-hydrogen) atoms. The van der Waals surface area contributed by atoms with Crippen molar-refractivity contribution in [1.82, 2.24) is 0 Å². The molecule has 0 aromatic carbocycles. The maximum absolute atomic E-state index is 11.6. The van der Waals surface area contributed by atoms with Gasteiger partial charge in [0.1, 0.15) is 23.9 Å². The zero-order valence-electron chi connectivity index (χ0n) is 15.5. The van der Waals surface area contributed by atoms with E-state index in [-0.39, 0.29) is 47.2 Å². The van der Waals surface area contributed by atoms with Gasteiger partial charge in [0.2, 0.25) is 0 Å². The van der Waals surface area contributed by atoms with Gasteiger partial charge in [0.05, 0.1) is 12.7 Å². The van der Waals surface area contributed by atoms with Crippen LogP contribution in [-0.2, 0) is 28.5 Å². The molecule has 0 aromatic rings. The summed E-state index contributed by atoms with van der Waals surface area (Å²) in [7, 11) is 0. The van der Waals surface area contributed by atoms with Crippen molar-refractivity contribution < 1.29 is 28.5 Å². The highest BCUT2D eigenvalue weighted by Crippen LogP contribution is 2.71. The van der Waals surface area contributed by atoms with E-state index in [4.69, 9.17) is 18.9 Å². The average Bonchev–Trinajstić information content (AvgIpc) is 3.24. The molecule has 7 atom stereocenters. The van der Waals surface area contributed by atoms with Gasteiger partial charge in [0.25, 0.3) is 0 Å². The zero-order valence-corrected chi connectivity index (χ0v) is 15.5. The highest BCUT2D eigenvalue weighted by atomic mass is 16.7. The lowest BCUT2D eigenvalue weighted by atomic mass is 9.52. The Hall–Kier alpha value is -1.40. The standard InChI is InChI=1S/C19H26O6/c1-10-6-15-17(4,7-13(10)23-11(2)20)18(5)8-14(24-12(3)21)16(25-15)19(18)9-22-19/h6,13-16H,7-9H2,1-5H3/t13-,14+,15+,16+,17-,18+,19-/m0/s1. The van der Waals surface area contributed by atoms with Crippen LogP contribution < -0.4 is 0 Å². The molecule has 4 aliphatic rings. The second-order valence-corrected chi connectivity index (χ2v) is 8.47. The molecule has 6 heteroatoms. The van der Waals surface area contributed by atoms with Gasteiger partial charge >= 0.3 is 11.9 Å². The molecule has 2 aliphatic heterocycles. The lowest BCUT2D eigenvalue weighted by molar-refractivity contribution is -0.209. The van der Waals surface area contributed by atoms with E-state index in [1.165, 1.54) is 13.8 Å². The predicted octanol–water partition coefficient (Wildman–Crippen LogP) is 2.15. The van der Waals surface area contributed by atoms with Crippen LogP contribution in [0.1, 0.15) is 47.5 Å². The number of rotatable bonds is 2. The first kappa shape index (κ1) is 17.0. The number of ether oxygens (including phenoxy) is 4. The molecule has 0 N–H and O–H groups in total. The molecule has 2 saturated heterocycles. The minimum atomic E-state index is -0.405. The summed E-state index contributed by atoms with van der Waals surface area (Å²) in [6.45, 7) is 9.87. The van der Waals surface area contributed by atoms with Crippen molar-refractivity contribution in [3.63, 3.8) is 0 Å². The highest BCUT2D eigenvalue weighted by molar-refractivity contribution is 5.67. The summed E-state index contributed by atoms with van der Waals surface area (Å²) in [6.07, 6.45) is 2.56. The van der Waals surface area contributed by atoms with Gasteiger partial charge < -0.3 is 18.9 Å². The Morgan fingerprint density at radius 1 is 1.16 bits per heavy atom. The van der Waals surface area contributed by atoms with Crippen molar-refractivity contribution in [2.45, 2.75) is 77.5 Å². The molecule has 2 aliphatic carbocycles. The van der Waals surface area contributed by atoms with Crippen molar-refractivity contribution in [1.29, 1.82) is 0 Å². The van der Waals surface area contributed by atoms with Gasteiger partial charge in [-0.05, 0) is 25.3 Å². The summed E-state index contributed by atoms with van der Waals surface area (Å²) in [5, 5.41) is 0. The van der Waals surface area contributed by atoms with Crippen LogP contribution in [0.3, 0.4) is 0 Å². The molecule has 138 valence electrons. The second kappa shape index (κ2) is 5.07. The minimum absolute atomic E-state index is 0.107. The van der Waals surface area contributed by atoms with E-state index >= 15 is 0 Å². The molecule has 2 bridgehead atoms. The van der Waals surface area contributed by atoms with Crippen LogP contribution in [0, 0.1) is 10.8 Å². The molecule has 1 saturated carbocycles. The van der Waals surface area contributed by atoms with Crippen LogP contribution in [0.15, 0.2) is 11.6 Å². The number of epoxide rings is 1. The number of fused-ring (bicyclic) bond motifs is 2. The Kier molecular flexibility index (Phi) is 3.46. The molecule has 0 aromatic heterocycles. The van der Waals surface area contributed by atoms with E-state index < -0.39 is 5.60 Å². The van der Waals surface area contributed by atoms with Crippen LogP contribution in [-0.4, -0.2) is 48.6 Å². The fourth-order valence-corrected chi connectivity index (χ4v) is 5.50. The van der Waals surface area contributed by atoms with E-state index in [0.29, 0.717) is 19.4 Å². The van der Waals surface area contributed by atoms with E-state index in [0.717, 1.165) is 5.57 Å². The van der Waals surface area contributed by atoms with Crippen molar-refractivity contribution in [2.24, 2.45) is 10.8 Å². The Balaban J connectivity index is 1.73. The van der Waals surface area contributed by atoms with Crippen molar-refractivity contribution in [3.8, 4) is 0 Å². The van der Waals surface area contributed by atoms with Gasteiger partial charge in [-0.15, -0.1) is 0 Å².